The van der Waals surface area contributed by atoms with Crippen LogP contribution in [0.5, 0.6) is 0 Å². The van der Waals surface area contributed by atoms with Gasteiger partial charge in [0.1, 0.15) is 0 Å². The molecule has 0 aromatic rings. The molecule has 20 heavy (non-hydrogen) atoms. The Hall–Kier alpha value is -0.650. The molecule has 5 heteroatoms. The summed E-state index contributed by atoms with van der Waals surface area (Å²) in [6.45, 7) is 10.8. The summed E-state index contributed by atoms with van der Waals surface area (Å²) in [4.78, 5) is 18.5. The fraction of sp³-hybridized carbons (Fsp3) is 0.933. The fourth-order valence-electron chi connectivity index (χ4n) is 3.33. The van der Waals surface area contributed by atoms with Crippen molar-refractivity contribution in [3.63, 3.8) is 0 Å². The summed E-state index contributed by atoms with van der Waals surface area (Å²) in [5, 5.41) is 9.56. The first-order chi connectivity index (χ1) is 9.60. The summed E-state index contributed by atoms with van der Waals surface area (Å²) in [6.07, 6.45) is 2.63. The number of amides is 1. The fourth-order valence-corrected chi connectivity index (χ4v) is 3.33. The van der Waals surface area contributed by atoms with Gasteiger partial charge in [-0.1, -0.05) is 6.92 Å². The van der Waals surface area contributed by atoms with E-state index in [2.05, 4.69) is 16.7 Å². The van der Waals surface area contributed by atoms with Crippen molar-refractivity contribution in [3.8, 4) is 0 Å². The van der Waals surface area contributed by atoms with Crippen LogP contribution in [0.4, 0.5) is 0 Å². The maximum atomic E-state index is 11.6. The number of aliphatic hydroxyl groups is 1. The molecular formula is C15H29N3O2. The summed E-state index contributed by atoms with van der Waals surface area (Å²) in [5.74, 6) is 0.324. The molecule has 0 bridgehead atoms. The molecule has 2 fully saturated rings. The van der Waals surface area contributed by atoms with Crippen molar-refractivity contribution >= 4 is 5.91 Å². The van der Waals surface area contributed by atoms with Crippen LogP contribution in [0.1, 0.15) is 33.1 Å². The normalized spacial score (nSPS) is 27.2. The van der Waals surface area contributed by atoms with Gasteiger partial charge in [-0.3, -0.25) is 14.6 Å². The van der Waals surface area contributed by atoms with Crippen LogP contribution >= 0.6 is 0 Å². The molecule has 0 aromatic carbocycles. The molecule has 2 saturated heterocycles. The van der Waals surface area contributed by atoms with Crippen molar-refractivity contribution in [1.29, 1.82) is 0 Å². The van der Waals surface area contributed by atoms with E-state index in [0.717, 1.165) is 65.1 Å². The number of hydrogen-bond acceptors (Lipinski definition) is 4. The number of rotatable bonds is 6. The molecule has 0 aromatic heterocycles. The summed E-state index contributed by atoms with van der Waals surface area (Å²) < 4.78 is 0. The Balaban J connectivity index is 1.76. The predicted octanol–water partition coefficient (Wildman–Crippen LogP) is 0.386. The SMILES string of the molecule is CC[C@@H]1CN(CCN2CCCC2=O)CCN1C[C@@H](C)O. The zero-order chi connectivity index (χ0) is 14.5. The van der Waals surface area contributed by atoms with Gasteiger partial charge in [0.15, 0.2) is 0 Å². The van der Waals surface area contributed by atoms with E-state index in [-0.39, 0.29) is 6.10 Å². The van der Waals surface area contributed by atoms with Crippen LogP contribution in [0, 0.1) is 0 Å². The molecule has 0 unspecified atom stereocenters. The smallest absolute Gasteiger partial charge is 0.222 e. The molecule has 2 rings (SSSR count). The summed E-state index contributed by atoms with van der Waals surface area (Å²) in [7, 11) is 0. The lowest BCUT2D eigenvalue weighted by molar-refractivity contribution is -0.127. The monoisotopic (exact) mass is 283 g/mol. The molecule has 0 aliphatic carbocycles. The summed E-state index contributed by atoms with van der Waals surface area (Å²) in [6, 6.07) is 0.535. The van der Waals surface area contributed by atoms with Crippen molar-refractivity contribution in [2.24, 2.45) is 0 Å². The topological polar surface area (TPSA) is 47.0 Å². The number of hydrogen-bond donors (Lipinski definition) is 1. The van der Waals surface area contributed by atoms with E-state index in [1.54, 1.807) is 0 Å². The van der Waals surface area contributed by atoms with Gasteiger partial charge in [-0.05, 0) is 19.8 Å². The van der Waals surface area contributed by atoms with Crippen LogP contribution in [0.25, 0.3) is 0 Å². The summed E-state index contributed by atoms with van der Waals surface area (Å²) in [5.41, 5.74) is 0. The third-order valence-electron chi connectivity index (χ3n) is 4.52. The second-order valence-corrected chi connectivity index (χ2v) is 6.19. The van der Waals surface area contributed by atoms with Gasteiger partial charge in [0.05, 0.1) is 6.10 Å². The Kier molecular flexibility index (Phi) is 5.81. The van der Waals surface area contributed by atoms with E-state index in [4.69, 9.17) is 0 Å². The highest BCUT2D eigenvalue weighted by Gasteiger charge is 2.27. The van der Waals surface area contributed by atoms with E-state index < -0.39 is 0 Å². The highest BCUT2D eigenvalue weighted by atomic mass is 16.3. The Morgan fingerprint density at radius 3 is 2.70 bits per heavy atom. The number of likely N-dealkylation sites (tertiary alicyclic amines) is 1. The van der Waals surface area contributed by atoms with E-state index in [9.17, 15) is 9.90 Å². The van der Waals surface area contributed by atoms with E-state index in [1.165, 1.54) is 0 Å². The predicted molar refractivity (Wildman–Crippen MR) is 79.6 cm³/mol. The average Bonchev–Trinajstić information content (AvgIpc) is 2.82. The van der Waals surface area contributed by atoms with Crippen molar-refractivity contribution in [2.75, 3.05) is 45.8 Å². The third-order valence-corrected chi connectivity index (χ3v) is 4.52. The molecule has 2 atom stereocenters. The van der Waals surface area contributed by atoms with Crippen LogP contribution in [0.2, 0.25) is 0 Å². The minimum Gasteiger partial charge on any atom is -0.392 e. The highest BCUT2D eigenvalue weighted by molar-refractivity contribution is 5.78. The van der Waals surface area contributed by atoms with Crippen LogP contribution in [0.3, 0.4) is 0 Å². The van der Waals surface area contributed by atoms with Gasteiger partial charge in [0.2, 0.25) is 5.91 Å². The minimum atomic E-state index is -0.252. The molecule has 0 spiro atoms. The average molecular weight is 283 g/mol. The molecule has 0 saturated carbocycles. The molecule has 0 radical (unpaired) electrons. The van der Waals surface area contributed by atoms with Gasteiger partial charge in [-0.2, -0.15) is 0 Å². The number of carbonyl (C=O) groups is 1. The highest BCUT2D eigenvalue weighted by Crippen LogP contribution is 2.14. The van der Waals surface area contributed by atoms with Gasteiger partial charge in [0.25, 0.3) is 0 Å². The maximum Gasteiger partial charge on any atom is 0.222 e. The maximum absolute atomic E-state index is 11.6. The number of β-amino-alcohol motifs (C(OH)–C–C–N with tert-alkyl or cyclic N) is 1. The quantitative estimate of drug-likeness (QED) is 0.766. The lowest BCUT2D eigenvalue weighted by Gasteiger charge is -2.42. The van der Waals surface area contributed by atoms with Crippen LogP contribution < -0.4 is 0 Å². The van der Waals surface area contributed by atoms with E-state index in [1.807, 2.05) is 11.8 Å². The molecule has 2 heterocycles. The van der Waals surface area contributed by atoms with Crippen molar-refractivity contribution in [3.05, 3.63) is 0 Å². The van der Waals surface area contributed by atoms with Gasteiger partial charge in [-0.25, -0.2) is 0 Å². The van der Waals surface area contributed by atoms with Crippen molar-refractivity contribution in [2.45, 2.75) is 45.3 Å². The zero-order valence-corrected chi connectivity index (χ0v) is 12.9. The third kappa shape index (κ3) is 4.17. The lowest BCUT2D eigenvalue weighted by atomic mass is 10.1. The second kappa shape index (κ2) is 7.38. The standard InChI is InChI=1S/C15H29N3O2/c1-3-14-12-16(8-10-18(14)11-13(2)19)7-9-17-6-4-5-15(17)20/h13-14,19H,3-12H2,1-2H3/t13-,14-/m1/s1. The van der Waals surface area contributed by atoms with Crippen molar-refractivity contribution < 1.29 is 9.90 Å². The lowest BCUT2D eigenvalue weighted by Crippen LogP contribution is -2.55. The number of nitrogens with zero attached hydrogens (tertiary/aromatic N) is 3. The number of piperazine rings is 1. The van der Waals surface area contributed by atoms with Crippen LogP contribution in [-0.4, -0.2) is 83.7 Å². The Labute approximate surface area is 122 Å². The molecule has 116 valence electrons. The second-order valence-electron chi connectivity index (χ2n) is 6.19. The van der Waals surface area contributed by atoms with Gasteiger partial charge in [0, 0.05) is 58.3 Å². The van der Waals surface area contributed by atoms with Gasteiger partial charge in [-0.15, -0.1) is 0 Å². The molecule has 2 aliphatic heterocycles. The molecule has 5 nitrogen and oxygen atoms in total. The molecular weight excluding hydrogens is 254 g/mol. The molecule has 1 amide bonds. The Bertz CT molecular complexity index is 322. The van der Waals surface area contributed by atoms with Gasteiger partial charge >= 0.3 is 0 Å². The van der Waals surface area contributed by atoms with E-state index >= 15 is 0 Å². The summed E-state index contributed by atoms with van der Waals surface area (Å²) >= 11 is 0. The van der Waals surface area contributed by atoms with Gasteiger partial charge < -0.3 is 10.0 Å². The molecule has 2 aliphatic rings. The first-order valence-corrected chi connectivity index (χ1v) is 8.02. The van der Waals surface area contributed by atoms with E-state index in [0.29, 0.717) is 11.9 Å². The van der Waals surface area contributed by atoms with Crippen LogP contribution in [0.15, 0.2) is 0 Å². The molecule has 1 N–H and O–H groups in total. The minimum absolute atomic E-state index is 0.252. The number of aliphatic hydroxyl groups excluding tert-OH is 1. The zero-order valence-electron chi connectivity index (χ0n) is 12.9. The first kappa shape index (κ1) is 15.7. The van der Waals surface area contributed by atoms with Crippen LogP contribution in [-0.2, 0) is 4.79 Å². The largest absolute Gasteiger partial charge is 0.392 e. The number of carbonyl (C=O) groups excluding carboxylic acids is 1. The first-order valence-electron chi connectivity index (χ1n) is 8.02. The Morgan fingerprint density at radius 1 is 1.30 bits per heavy atom. The Morgan fingerprint density at radius 2 is 2.10 bits per heavy atom. The van der Waals surface area contributed by atoms with Crippen molar-refractivity contribution in [1.82, 2.24) is 14.7 Å².